The van der Waals surface area contributed by atoms with Crippen LogP contribution in [0.15, 0.2) is 29.2 Å². The predicted molar refractivity (Wildman–Crippen MR) is 62.5 cm³/mol. The molecule has 0 fully saturated rings. The Morgan fingerprint density at radius 1 is 1.47 bits per heavy atom. The zero-order chi connectivity index (χ0) is 11.3. The molecule has 1 rings (SSSR count). The third kappa shape index (κ3) is 3.93. The number of ether oxygens (including phenoxy) is 1. The summed E-state index contributed by atoms with van der Waals surface area (Å²) in [5, 5.41) is 2.78. The molecule has 3 nitrogen and oxygen atoms in total. The Bertz CT molecular complexity index is 324. The van der Waals surface area contributed by atoms with E-state index in [1.807, 2.05) is 6.92 Å². The Balaban J connectivity index is 2.50. The molecule has 1 aromatic rings. The van der Waals surface area contributed by atoms with Crippen LogP contribution >= 0.6 is 12.6 Å². The molecular formula is C11H15NO2S. The van der Waals surface area contributed by atoms with Gasteiger partial charge in [-0.1, -0.05) is 0 Å². The molecule has 0 aliphatic heterocycles. The van der Waals surface area contributed by atoms with Crippen molar-refractivity contribution in [3.63, 3.8) is 0 Å². The van der Waals surface area contributed by atoms with Crippen LogP contribution in [0.2, 0.25) is 0 Å². The number of hydrogen-bond donors (Lipinski definition) is 2. The van der Waals surface area contributed by atoms with Crippen LogP contribution in [0.5, 0.6) is 0 Å². The van der Waals surface area contributed by atoms with Gasteiger partial charge in [-0.05, 0) is 31.2 Å². The van der Waals surface area contributed by atoms with Crippen molar-refractivity contribution >= 4 is 18.5 Å². The summed E-state index contributed by atoms with van der Waals surface area (Å²) in [4.78, 5) is 12.4. The summed E-state index contributed by atoms with van der Waals surface area (Å²) in [6, 6.07) is 7.07. The molecule has 0 aliphatic carbocycles. The standard InChI is InChI=1S/C11H15NO2S/c1-8(14-2)7-12-11(13)9-3-5-10(15)6-4-9/h3-6,8,15H,7H2,1-2H3,(H,12,13). The summed E-state index contributed by atoms with van der Waals surface area (Å²) in [6.07, 6.45) is 0.0260. The van der Waals surface area contributed by atoms with Crippen LogP contribution in [-0.2, 0) is 4.74 Å². The van der Waals surface area contributed by atoms with Crippen LogP contribution in [0, 0.1) is 0 Å². The lowest BCUT2D eigenvalue weighted by Gasteiger charge is -2.10. The highest BCUT2D eigenvalue weighted by molar-refractivity contribution is 7.80. The van der Waals surface area contributed by atoms with E-state index < -0.39 is 0 Å². The smallest absolute Gasteiger partial charge is 0.251 e. The minimum atomic E-state index is -0.0905. The van der Waals surface area contributed by atoms with E-state index in [0.29, 0.717) is 12.1 Å². The number of carbonyl (C=O) groups excluding carboxylic acids is 1. The van der Waals surface area contributed by atoms with Crippen molar-refractivity contribution in [2.75, 3.05) is 13.7 Å². The summed E-state index contributed by atoms with van der Waals surface area (Å²) in [5.41, 5.74) is 0.635. The van der Waals surface area contributed by atoms with Crippen LogP contribution in [0.3, 0.4) is 0 Å². The van der Waals surface area contributed by atoms with Gasteiger partial charge in [0.25, 0.3) is 5.91 Å². The summed E-state index contributed by atoms with van der Waals surface area (Å²) in [5.74, 6) is -0.0905. The van der Waals surface area contributed by atoms with Gasteiger partial charge in [0.1, 0.15) is 0 Å². The summed E-state index contributed by atoms with van der Waals surface area (Å²) in [6.45, 7) is 2.41. The van der Waals surface area contributed by atoms with E-state index in [1.165, 1.54) is 0 Å². The zero-order valence-electron chi connectivity index (χ0n) is 8.86. The Morgan fingerprint density at radius 2 is 2.07 bits per heavy atom. The number of thiol groups is 1. The fourth-order valence-corrected chi connectivity index (χ4v) is 1.18. The largest absolute Gasteiger partial charge is 0.380 e. The molecule has 1 aromatic carbocycles. The van der Waals surface area contributed by atoms with E-state index in [-0.39, 0.29) is 12.0 Å². The Hall–Kier alpha value is -1.00. The van der Waals surface area contributed by atoms with Crippen LogP contribution in [0.25, 0.3) is 0 Å². The van der Waals surface area contributed by atoms with E-state index in [9.17, 15) is 4.79 Å². The first kappa shape index (κ1) is 12.1. The first-order valence-corrected chi connectivity index (χ1v) is 5.18. The van der Waals surface area contributed by atoms with Gasteiger partial charge in [0.15, 0.2) is 0 Å². The highest BCUT2D eigenvalue weighted by Gasteiger charge is 2.06. The van der Waals surface area contributed by atoms with Gasteiger partial charge in [-0.3, -0.25) is 4.79 Å². The number of nitrogens with one attached hydrogen (secondary N) is 1. The van der Waals surface area contributed by atoms with Crippen molar-refractivity contribution in [3.8, 4) is 0 Å². The average molecular weight is 225 g/mol. The van der Waals surface area contributed by atoms with Crippen LogP contribution in [0.1, 0.15) is 17.3 Å². The van der Waals surface area contributed by atoms with Crippen LogP contribution < -0.4 is 5.32 Å². The molecule has 1 unspecified atom stereocenters. The normalized spacial score (nSPS) is 12.2. The lowest BCUT2D eigenvalue weighted by molar-refractivity contribution is 0.0870. The van der Waals surface area contributed by atoms with Crippen molar-refractivity contribution < 1.29 is 9.53 Å². The number of amides is 1. The Morgan fingerprint density at radius 3 is 2.60 bits per heavy atom. The van der Waals surface area contributed by atoms with Crippen molar-refractivity contribution in [3.05, 3.63) is 29.8 Å². The number of rotatable bonds is 4. The van der Waals surface area contributed by atoms with E-state index in [0.717, 1.165) is 4.90 Å². The lowest BCUT2D eigenvalue weighted by Crippen LogP contribution is -2.31. The predicted octanol–water partition coefficient (Wildman–Crippen LogP) is 1.74. The molecule has 1 atom stereocenters. The molecular weight excluding hydrogens is 210 g/mol. The molecule has 0 spiro atoms. The summed E-state index contributed by atoms with van der Waals surface area (Å²) < 4.78 is 5.03. The second kappa shape index (κ2) is 5.78. The van der Waals surface area contributed by atoms with Crippen LogP contribution in [-0.4, -0.2) is 25.7 Å². The molecule has 15 heavy (non-hydrogen) atoms. The fourth-order valence-electron chi connectivity index (χ4n) is 1.03. The van der Waals surface area contributed by atoms with Crippen molar-refractivity contribution in [2.24, 2.45) is 0 Å². The van der Waals surface area contributed by atoms with Gasteiger partial charge in [-0.2, -0.15) is 0 Å². The van der Waals surface area contributed by atoms with Crippen molar-refractivity contribution in [1.29, 1.82) is 0 Å². The number of benzene rings is 1. The molecule has 0 aromatic heterocycles. The van der Waals surface area contributed by atoms with Crippen molar-refractivity contribution in [2.45, 2.75) is 17.9 Å². The number of methoxy groups -OCH3 is 1. The molecule has 0 saturated carbocycles. The molecule has 82 valence electrons. The third-order valence-electron chi connectivity index (χ3n) is 2.08. The Kier molecular flexibility index (Phi) is 4.65. The minimum Gasteiger partial charge on any atom is -0.380 e. The monoisotopic (exact) mass is 225 g/mol. The van der Waals surface area contributed by atoms with E-state index in [4.69, 9.17) is 4.74 Å². The quantitative estimate of drug-likeness (QED) is 0.766. The molecule has 0 saturated heterocycles. The van der Waals surface area contributed by atoms with Gasteiger partial charge in [0, 0.05) is 24.1 Å². The highest BCUT2D eigenvalue weighted by atomic mass is 32.1. The second-order valence-electron chi connectivity index (χ2n) is 3.30. The zero-order valence-corrected chi connectivity index (χ0v) is 9.75. The summed E-state index contributed by atoms with van der Waals surface area (Å²) in [7, 11) is 1.62. The summed E-state index contributed by atoms with van der Waals surface area (Å²) >= 11 is 4.15. The van der Waals surface area contributed by atoms with Gasteiger partial charge in [-0.15, -0.1) is 12.6 Å². The van der Waals surface area contributed by atoms with Crippen LogP contribution in [0.4, 0.5) is 0 Å². The van der Waals surface area contributed by atoms with Gasteiger partial charge in [-0.25, -0.2) is 0 Å². The molecule has 0 radical (unpaired) electrons. The van der Waals surface area contributed by atoms with E-state index in [1.54, 1.807) is 31.4 Å². The van der Waals surface area contributed by atoms with E-state index in [2.05, 4.69) is 17.9 Å². The second-order valence-corrected chi connectivity index (χ2v) is 3.82. The molecule has 0 heterocycles. The van der Waals surface area contributed by atoms with E-state index >= 15 is 0 Å². The third-order valence-corrected chi connectivity index (χ3v) is 2.38. The molecule has 1 N–H and O–H groups in total. The minimum absolute atomic E-state index is 0.0260. The average Bonchev–Trinajstić information content (AvgIpc) is 2.26. The maximum Gasteiger partial charge on any atom is 0.251 e. The molecule has 0 bridgehead atoms. The highest BCUT2D eigenvalue weighted by Crippen LogP contribution is 2.07. The number of hydrogen-bond acceptors (Lipinski definition) is 3. The lowest BCUT2D eigenvalue weighted by atomic mass is 10.2. The number of carbonyl (C=O) groups is 1. The van der Waals surface area contributed by atoms with Gasteiger partial charge in [0.2, 0.25) is 0 Å². The maximum atomic E-state index is 11.6. The molecule has 1 amide bonds. The van der Waals surface area contributed by atoms with Gasteiger partial charge < -0.3 is 10.1 Å². The fraction of sp³-hybridized carbons (Fsp3) is 0.364. The van der Waals surface area contributed by atoms with Gasteiger partial charge in [0.05, 0.1) is 6.10 Å². The Labute approximate surface area is 95.2 Å². The van der Waals surface area contributed by atoms with Crippen molar-refractivity contribution in [1.82, 2.24) is 5.32 Å². The SMILES string of the molecule is COC(C)CNC(=O)c1ccc(S)cc1. The molecule has 4 heteroatoms. The van der Waals surface area contributed by atoms with Gasteiger partial charge >= 0.3 is 0 Å². The first-order chi connectivity index (χ1) is 7.13. The maximum absolute atomic E-state index is 11.6. The first-order valence-electron chi connectivity index (χ1n) is 4.73. The molecule has 0 aliphatic rings. The topological polar surface area (TPSA) is 38.3 Å².